The van der Waals surface area contributed by atoms with Gasteiger partial charge in [-0.05, 0) is 26.3 Å². The fraction of sp³-hybridized carbons (Fsp3) is 0.412. The number of furan rings is 1. The minimum Gasteiger partial charge on any atom is -0.466 e. The van der Waals surface area contributed by atoms with Crippen LogP contribution in [-0.4, -0.2) is 47.0 Å². The molecule has 0 bridgehead atoms. The molecule has 0 spiro atoms. The van der Waals surface area contributed by atoms with Gasteiger partial charge in [0.2, 0.25) is 0 Å². The number of hydrogen-bond donors (Lipinski definition) is 0. The zero-order chi connectivity index (χ0) is 17.1. The van der Waals surface area contributed by atoms with E-state index in [2.05, 4.69) is 16.0 Å². The molecule has 0 radical (unpaired) electrons. The summed E-state index contributed by atoms with van der Waals surface area (Å²) in [6.45, 7) is 6.25. The largest absolute Gasteiger partial charge is 0.466 e. The molecule has 0 N–H and O–H groups in total. The van der Waals surface area contributed by atoms with Gasteiger partial charge in [0.1, 0.15) is 17.6 Å². The molecule has 124 valence electrons. The highest BCUT2D eigenvalue weighted by molar-refractivity contribution is 5.95. The maximum atomic E-state index is 12.7. The third-order valence-corrected chi connectivity index (χ3v) is 4.14. The van der Waals surface area contributed by atoms with E-state index in [4.69, 9.17) is 4.42 Å². The first-order valence-electron chi connectivity index (χ1n) is 7.92. The first kappa shape index (κ1) is 16.0. The van der Waals surface area contributed by atoms with Gasteiger partial charge >= 0.3 is 0 Å². The molecule has 0 atom stereocenters. The second-order valence-electron chi connectivity index (χ2n) is 5.80. The Morgan fingerprint density at radius 2 is 2.00 bits per heavy atom. The molecule has 2 aromatic rings. The van der Waals surface area contributed by atoms with Crippen molar-refractivity contribution in [2.24, 2.45) is 0 Å². The fourth-order valence-electron chi connectivity index (χ4n) is 2.99. The van der Waals surface area contributed by atoms with Gasteiger partial charge < -0.3 is 14.2 Å². The van der Waals surface area contributed by atoms with Crippen molar-refractivity contribution < 1.29 is 9.21 Å². The van der Waals surface area contributed by atoms with Gasteiger partial charge in [0.15, 0.2) is 11.5 Å². The molecule has 7 heteroatoms. The standard InChI is InChI=1S/C17H19N5O2/c1-12-10-14(13(2)24-12)17(23)22-7-3-6-21(8-9-22)16-15(11-18)19-4-5-20-16/h4-5,10H,3,6-9H2,1-2H3. The van der Waals surface area contributed by atoms with Crippen molar-refractivity contribution in [2.75, 3.05) is 31.1 Å². The highest BCUT2D eigenvalue weighted by Crippen LogP contribution is 2.20. The molecule has 7 nitrogen and oxygen atoms in total. The molecule has 1 amide bonds. The lowest BCUT2D eigenvalue weighted by molar-refractivity contribution is 0.0765. The fourth-order valence-corrected chi connectivity index (χ4v) is 2.99. The van der Waals surface area contributed by atoms with Crippen LogP contribution in [0, 0.1) is 25.2 Å². The number of anilines is 1. The predicted octanol–water partition coefficient (Wildman–Crippen LogP) is 1.91. The lowest BCUT2D eigenvalue weighted by atomic mass is 10.2. The number of amides is 1. The molecule has 2 aromatic heterocycles. The first-order chi connectivity index (χ1) is 11.6. The van der Waals surface area contributed by atoms with Gasteiger partial charge in [-0.15, -0.1) is 0 Å². The lowest BCUT2D eigenvalue weighted by Gasteiger charge is -2.23. The van der Waals surface area contributed by atoms with E-state index in [-0.39, 0.29) is 5.91 Å². The van der Waals surface area contributed by atoms with Crippen molar-refractivity contribution in [3.63, 3.8) is 0 Å². The van der Waals surface area contributed by atoms with Crippen molar-refractivity contribution in [3.8, 4) is 6.07 Å². The van der Waals surface area contributed by atoms with Gasteiger partial charge in [-0.1, -0.05) is 0 Å². The Balaban J connectivity index is 1.75. The molecule has 1 aliphatic rings. The Hall–Kier alpha value is -2.88. The van der Waals surface area contributed by atoms with Gasteiger partial charge in [0.25, 0.3) is 5.91 Å². The van der Waals surface area contributed by atoms with Crippen molar-refractivity contribution >= 4 is 11.7 Å². The summed E-state index contributed by atoms with van der Waals surface area (Å²) in [7, 11) is 0. The molecule has 24 heavy (non-hydrogen) atoms. The Labute approximate surface area is 140 Å². The second kappa shape index (κ2) is 6.71. The van der Waals surface area contributed by atoms with Gasteiger partial charge in [0.05, 0.1) is 5.56 Å². The Morgan fingerprint density at radius 1 is 1.21 bits per heavy atom. The van der Waals surface area contributed by atoms with Gasteiger partial charge in [-0.2, -0.15) is 5.26 Å². The summed E-state index contributed by atoms with van der Waals surface area (Å²) in [6.07, 6.45) is 3.91. The molecule has 1 aliphatic heterocycles. The van der Waals surface area contributed by atoms with Crippen LogP contribution in [0.3, 0.4) is 0 Å². The summed E-state index contributed by atoms with van der Waals surface area (Å²) in [5.41, 5.74) is 0.941. The molecule has 0 aliphatic carbocycles. The minimum absolute atomic E-state index is 0.00847. The third kappa shape index (κ3) is 3.08. The number of aromatic nitrogens is 2. The smallest absolute Gasteiger partial charge is 0.257 e. The minimum atomic E-state index is -0.00847. The average molecular weight is 325 g/mol. The average Bonchev–Trinajstić information content (AvgIpc) is 2.79. The van der Waals surface area contributed by atoms with Gasteiger partial charge in [-0.3, -0.25) is 4.79 Å². The summed E-state index contributed by atoms with van der Waals surface area (Å²) < 4.78 is 5.47. The van der Waals surface area contributed by atoms with E-state index in [1.807, 2.05) is 23.6 Å². The monoisotopic (exact) mass is 325 g/mol. The van der Waals surface area contributed by atoms with Crippen LogP contribution in [0.25, 0.3) is 0 Å². The van der Waals surface area contributed by atoms with E-state index in [9.17, 15) is 10.1 Å². The quantitative estimate of drug-likeness (QED) is 0.838. The van der Waals surface area contributed by atoms with Crippen LogP contribution in [-0.2, 0) is 0 Å². The highest BCUT2D eigenvalue weighted by atomic mass is 16.3. The molecular weight excluding hydrogens is 306 g/mol. The normalized spacial score (nSPS) is 15.0. The van der Waals surface area contributed by atoms with E-state index in [1.54, 1.807) is 12.3 Å². The summed E-state index contributed by atoms with van der Waals surface area (Å²) in [5.74, 6) is 1.97. The topological polar surface area (TPSA) is 86.3 Å². The maximum absolute atomic E-state index is 12.7. The van der Waals surface area contributed by atoms with Crippen molar-refractivity contribution in [1.29, 1.82) is 5.26 Å². The zero-order valence-electron chi connectivity index (χ0n) is 13.8. The van der Waals surface area contributed by atoms with Crippen LogP contribution in [0.15, 0.2) is 22.9 Å². The highest BCUT2D eigenvalue weighted by Gasteiger charge is 2.24. The molecule has 0 unspecified atom stereocenters. The molecule has 1 saturated heterocycles. The first-order valence-corrected chi connectivity index (χ1v) is 7.92. The summed E-state index contributed by atoms with van der Waals surface area (Å²) >= 11 is 0. The number of nitrogens with zero attached hydrogens (tertiary/aromatic N) is 5. The van der Waals surface area contributed by atoms with Crippen molar-refractivity contribution in [2.45, 2.75) is 20.3 Å². The summed E-state index contributed by atoms with van der Waals surface area (Å²) in [4.78, 5) is 24.9. The van der Waals surface area contributed by atoms with Crippen LogP contribution in [0.2, 0.25) is 0 Å². The number of hydrogen-bond acceptors (Lipinski definition) is 6. The van der Waals surface area contributed by atoms with E-state index in [0.717, 1.165) is 18.7 Å². The number of carbonyl (C=O) groups is 1. The van der Waals surface area contributed by atoms with E-state index < -0.39 is 0 Å². The van der Waals surface area contributed by atoms with Crippen molar-refractivity contribution in [3.05, 3.63) is 41.2 Å². The number of carbonyl (C=O) groups excluding carboxylic acids is 1. The summed E-state index contributed by atoms with van der Waals surface area (Å²) in [6, 6.07) is 3.86. The van der Waals surface area contributed by atoms with E-state index in [1.165, 1.54) is 6.20 Å². The molecule has 0 aromatic carbocycles. The van der Waals surface area contributed by atoms with E-state index >= 15 is 0 Å². The lowest BCUT2D eigenvalue weighted by Crippen LogP contribution is -2.35. The second-order valence-corrected chi connectivity index (χ2v) is 5.80. The molecule has 3 rings (SSSR count). The van der Waals surface area contributed by atoms with Crippen LogP contribution in [0.4, 0.5) is 5.82 Å². The SMILES string of the molecule is Cc1cc(C(=O)N2CCCN(c3nccnc3C#N)CC2)c(C)o1. The summed E-state index contributed by atoms with van der Waals surface area (Å²) in [5, 5.41) is 9.19. The van der Waals surface area contributed by atoms with E-state index in [0.29, 0.717) is 42.5 Å². The number of rotatable bonds is 2. The molecular formula is C17H19N5O2. The van der Waals surface area contributed by atoms with Crippen molar-refractivity contribution in [1.82, 2.24) is 14.9 Å². The van der Waals surface area contributed by atoms with Gasteiger partial charge in [-0.25, -0.2) is 9.97 Å². The number of aryl methyl sites for hydroxylation is 2. The Kier molecular flexibility index (Phi) is 4.47. The molecule has 0 saturated carbocycles. The number of nitriles is 1. The van der Waals surface area contributed by atoms with Gasteiger partial charge in [0, 0.05) is 38.6 Å². The predicted molar refractivity (Wildman–Crippen MR) is 87.7 cm³/mol. The molecule has 3 heterocycles. The van der Waals surface area contributed by atoms with Crippen LogP contribution < -0.4 is 4.90 Å². The van der Waals surface area contributed by atoms with Crippen LogP contribution >= 0.6 is 0 Å². The third-order valence-electron chi connectivity index (χ3n) is 4.14. The zero-order valence-corrected chi connectivity index (χ0v) is 13.8. The van der Waals surface area contributed by atoms with Crippen LogP contribution in [0.5, 0.6) is 0 Å². The van der Waals surface area contributed by atoms with Crippen LogP contribution in [0.1, 0.15) is 34.0 Å². The molecule has 1 fully saturated rings. The maximum Gasteiger partial charge on any atom is 0.257 e. The Bertz CT molecular complexity index is 793. The Morgan fingerprint density at radius 3 is 2.71 bits per heavy atom.